The Kier molecular flexibility index (Phi) is 2.15. The van der Waals surface area contributed by atoms with Gasteiger partial charge in [0, 0.05) is 0 Å². The summed E-state index contributed by atoms with van der Waals surface area (Å²) in [5, 5.41) is 0. The van der Waals surface area contributed by atoms with Crippen molar-refractivity contribution in [3.05, 3.63) is 16.6 Å². The van der Waals surface area contributed by atoms with Gasteiger partial charge in [0.2, 0.25) is 0 Å². The molecule has 0 aliphatic heterocycles. The van der Waals surface area contributed by atoms with Crippen LogP contribution in [0.1, 0.15) is 18.7 Å². The van der Waals surface area contributed by atoms with Crippen LogP contribution in [-0.4, -0.2) is 16.2 Å². The summed E-state index contributed by atoms with van der Waals surface area (Å²) >= 11 is 3.32. The van der Waals surface area contributed by atoms with Crippen LogP contribution in [0.15, 0.2) is 10.8 Å². The Morgan fingerprint density at radius 3 is 2.92 bits per heavy atom. The number of halogens is 2. The molecule has 0 saturated heterocycles. The third-order valence-corrected chi connectivity index (χ3v) is 2.98. The monoisotopic (exact) mass is 247 g/mol. The van der Waals surface area contributed by atoms with Gasteiger partial charge in [0.05, 0.1) is 18.3 Å². The highest BCUT2D eigenvalue weighted by atomic mass is 79.9. The zero-order valence-electron chi connectivity index (χ0n) is 7.13. The van der Waals surface area contributed by atoms with E-state index in [0.29, 0.717) is 6.54 Å². The maximum Gasteiger partial charge on any atom is 0.129 e. The smallest absolute Gasteiger partial charge is 0.129 e. The lowest BCUT2D eigenvalue weighted by Crippen LogP contribution is -2.24. The average molecular weight is 248 g/mol. The fraction of sp³-hybridized carbons (Fsp3) is 0.625. The van der Waals surface area contributed by atoms with Crippen LogP contribution in [0.25, 0.3) is 0 Å². The van der Waals surface area contributed by atoms with Crippen LogP contribution < -0.4 is 5.73 Å². The maximum atomic E-state index is 12.2. The molecule has 13 heavy (non-hydrogen) atoms. The van der Waals surface area contributed by atoms with Gasteiger partial charge in [0.15, 0.2) is 0 Å². The highest BCUT2D eigenvalue weighted by Crippen LogP contribution is 2.42. The minimum atomic E-state index is -0.391. The van der Waals surface area contributed by atoms with Crippen molar-refractivity contribution < 1.29 is 4.39 Å². The van der Waals surface area contributed by atoms with E-state index >= 15 is 0 Å². The molecule has 0 spiro atoms. The molecular formula is C8H11BrFN3. The highest BCUT2D eigenvalue weighted by Gasteiger charge is 2.44. The quantitative estimate of drug-likeness (QED) is 0.882. The van der Waals surface area contributed by atoms with Gasteiger partial charge in [-0.1, -0.05) is 0 Å². The maximum absolute atomic E-state index is 12.2. The minimum Gasteiger partial charge on any atom is -0.319 e. The average Bonchev–Trinajstić information content (AvgIpc) is 2.72. The standard InChI is InChI=1S/C8H11BrFN3/c9-6-5-12-7(8(11)1-2-8)13(6)4-3-10/h5H,1-4,11H2. The van der Waals surface area contributed by atoms with Crippen molar-refractivity contribution >= 4 is 15.9 Å². The molecule has 3 nitrogen and oxygen atoms in total. The summed E-state index contributed by atoms with van der Waals surface area (Å²) in [6, 6.07) is 0. The summed E-state index contributed by atoms with van der Waals surface area (Å²) in [6.07, 6.45) is 3.57. The predicted octanol–water partition coefficient (Wildman–Crippen LogP) is 1.56. The summed E-state index contributed by atoms with van der Waals surface area (Å²) < 4.78 is 14.8. The third-order valence-electron chi connectivity index (χ3n) is 2.35. The first kappa shape index (κ1) is 9.15. The van der Waals surface area contributed by atoms with Gasteiger partial charge in [-0.25, -0.2) is 9.37 Å². The predicted molar refractivity (Wildman–Crippen MR) is 51.0 cm³/mol. The van der Waals surface area contributed by atoms with Crippen LogP contribution >= 0.6 is 15.9 Å². The van der Waals surface area contributed by atoms with E-state index in [1.807, 2.05) is 0 Å². The van der Waals surface area contributed by atoms with E-state index in [9.17, 15) is 4.39 Å². The Labute approximate surface area is 84.3 Å². The molecule has 1 aromatic heterocycles. The van der Waals surface area contributed by atoms with Crippen LogP contribution in [0.3, 0.4) is 0 Å². The zero-order valence-corrected chi connectivity index (χ0v) is 8.72. The van der Waals surface area contributed by atoms with Gasteiger partial charge in [-0.15, -0.1) is 0 Å². The number of nitrogens with two attached hydrogens (primary N) is 1. The molecule has 0 radical (unpaired) electrons. The van der Waals surface area contributed by atoms with Crippen molar-refractivity contribution in [2.75, 3.05) is 6.67 Å². The van der Waals surface area contributed by atoms with Crippen LogP contribution in [0.5, 0.6) is 0 Å². The second kappa shape index (κ2) is 3.06. The summed E-state index contributed by atoms with van der Waals surface area (Å²) in [5.74, 6) is 0.803. The van der Waals surface area contributed by atoms with Gasteiger partial charge in [-0.3, -0.25) is 0 Å². The van der Waals surface area contributed by atoms with Crippen molar-refractivity contribution in [3.63, 3.8) is 0 Å². The summed E-state index contributed by atoms with van der Waals surface area (Å²) in [6.45, 7) is -0.0626. The first-order valence-electron chi connectivity index (χ1n) is 4.24. The molecule has 0 aromatic carbocycles. The molecule has 5 heteroatoms. The van der Waals surface area contributed by atoms with Crippen molar-refractivity contribution in [1.82, 2.24) is 9.55 Å². The van der Waals surface area contributed by atoms with E-state index in [1.165, 1.54) is 0 Å². The molecule has 0 bridgehead atoms. The Balaban J connectivity index is 2.34. The molecule has 1 aliphatic rings. The lowest BCUT2D eigenvalue weighted by atomic mass is 10.3. The number of rotatable bonds is 3. The Bertz CT molecular complexity index is 319. The second-order valence-corrected chi connectivity index (χ2v) is 4.21. The molecular weight excluding hydrogens is 237 g/mol. The first-order valence-corrected chi connectivity index (χ1v) is 5.03. The molecule has 1 saturated carbocycles. The first-order chi connectivity index (χ1) is 6.17. The molecule has 0 atom stereocenters. The summed E-state index contributed by atoms with van der Waals surface area (Å²) in [7, 11) is 0. The Morgan fingerprint density at radius 1 is 1.69 bits per heavy atom. The van der Waals surface area contributed by atoms with Crippen LogP contribution in [0.4, 0.5) is 4.39 Å². The van der Waals surface area contributed by atoms with Gasteiger partial charge in [-0.05, 0) is 28.8 Å². The molecule has 1 aromatic rings. The lowest BCUT2D eigenvalue weighted by Gasteiger charge is -2.11. The molecule has 0 unspecified atom stereocenters. The van der Waals surface area contributed by atoms with Gasteiger partial charge >= 0.3 is 0 Å². The Morgan fingerprint density at radius 2 is 2.38 bits per heavy atom. The van der Waals surface area contributed by atoms with Gasteiger partial charge < -0.3 is 10.3 Å². The van der Waals surface area contributed by atoms with Crippen LogP contribution in [-0.2, 0) is 12.1 Å². The largest absolute Gasteiger partial charge is 0.319 e. The molecule has 1 aliphatic carbocycles. The van der Waals surface area contributed by atoms with Crippen molar-refractivity contribution in [1.29, 1.82) is 0 Å². The zero-order chi connectivity index (χ0) is 9.47. The number of alkyl halides is 1. The van der Waals surface area contributed by atoms with E-state index in [0.717, 1.165) is 23.3 Å². The summed E-state index contributed by atoms with van der Waals surface area (Å²) in [5.41, 5.74) is 5.70. The number of hydrogen-bond acceptors (Lipinski definition) is 2. The fourth-order valence-electron chi connectivity index (χ4n) is 1.41. The van der Waals surface area contributed by atoms with Crippen molar-refractivity contribution in [2.45, 2.75) is 24.9 Å². The number of imidazole rings is 1. The number of nitrogens with zero attached hydrogens (tertiary/aromatic N) is 2. The molecule has 72 valence electrons. The fourth-order valence-corrected chi connectivity index (χ4v) is 1.86. The van der Waals surface area contributed by atoms with Gasteiger partial charge in [-0.2, -0.15) is 0 Å². The van der Waals surface area contributed by atoms with E-state index in [-0.39, 0.29) is 5.54 Å². The van der Waals surface area contributed by atoms with E-state index in [1.54, 1.807) is 10.8 Å². The van der Waals surface area contributed by atoms with Gasteiger partial charge in [0.25, 0.3) is 0 Å². The number of aromatic nitrogens is 2. The van der Waals surface area contributed by atoms with E-state index in [2.05, 4.69) is 20.9 Å². The topological polar surface area (TPSA) is 43.8 Å². The Hall–Kier alpha value is -0.420. The normalized spacial score (nSPS) is 19.0. The number of hydrogen-bond donors (Lipinski definition) is 1. The molecule has 2 rings (SSSR count). The molecule has 1 heterocycles. The summed E-state index contributed by atoms with van der Waals surface area (Å²) in [4.78, 5) is 4.19. The molecule has 0 amide bonds. The SMILES string of the molecule is NC1(c2ncc(Br)n2CCF)CC1. The van der Waals surface area contributed by atoms with E-state index in [4.69, 9.17) is 5.73 Å². The van der Waals surface area contributed by atoms with Crippen LogP contribution in [0.2, 0.25) is 0 Å². The van der Waals surface area contributed by atoms with Crippen molar-refractivity contribution in [3.8, 4) is 0 Å². The minimum absolute atomic E-state index is 0.290. The van der Waals surface area contributed by atoms with Crippen molar-refractivity contribution in [2.24, 2.45) is 5.73 Å². The second-order valence-electron chi connectivity index (χ2n) is 3.40. The highest BCUT2D eigenvalue weighted by molar-refractivity contribution is 9.10. The van der Waals surface area contributed by atoms with E-state index < -0.39 is 6.67 Å². The lowest BCUT2D eigenvalue weighted by molar-refractivity contribution is 0.428. The molecule has 1 fully saturated rings. The molecule has 2 N–H and O–H groups in total. The third kappa shape index (κ3) is 1.50. The van der Waals surface area contributed by atoms with Crippen LogP contribution in [0, 0.1) is 0 Å². The van der Waals surface area contributed by atoms with Gasteiger partial charge in [0.1, 0.15) is 17.1 Å².